The van der Waals surface area contributed by atoms with Crippen molar-refractivity contribution in [3.05, 3.63) is 17.3 Å². The summed E-state index contributed by atoms with van der Waals surface area (Å²) in [4.78, 5) is 4.63. The standard InChI is InChI=1S/C12H18N2O/c1-8-12(9-4-5-9)14-11(15-8)7-10-3-2-6-13-10/h9-10,13H,2-7H2,1H3. The average molecular weight is 206 g/mol. The lowest BCUT2D eigenvalue weighted by Gasteiger charge is -2.05. The van der Waals surface area contributed by atoms with Crippen molar-refractivity contribution >= 4 is 0 Å². The van der Waals surface area contributed by atoms with Gasteiger partial charge in [0.25, 0.3) is 0 Å². The Morgan fingerprint density at radius 1 is 1.40 bits per heavy atom. The third-order valence-electron chi connectivity index (χ3n) is 3.42. The smallest absolute Gasteiger partial charge is 0.196 e. The number of nitrogens with zero attached hydrogens (tertiary/aromatic N) is 1. The van der Waals surface area contributed by atoms with Gasteiger partial charge in [-0.25, -0.2) is 4.98 Å². The van der Waals surface area contributed by atoms with Gasteiger partial charge in [-0.1, -0.05) is 0 Å². The van der Waals surface area contributed by atoms with Crippen LogP contribution in [0, 0.1) is 6.92 Å². The van der Waals surface area contributed by atoms with Crippen molar-refractivity contribution in [2.45, 2.75) is 51.0 Å². The molecule has 0 spiro atoms. The molecule has 3 rings (SSSR count). The fraction of sp³-hybridized carbons (Fsp3) is 0.750. The summed E-state index contributed by atoms with van der Waals surface area (Å²) in [6.07, 6.45) is 6.12. The predicted molar refractivity (Wildman–Crippen MR) is 57.9 cm³/mol. The molecule has 1 aliphatic heterocycles. The second-order valence-corrected chi connectivity index (χ2v) is 4.82. The van der Waals surface area contributed by atoms with Crippen molar-refractivity contribution in [2.24, 2.45) is 0 Å². The minimum Gasteiger partial charge on any atom is -0.446 e. The van der Waals surface area contributed by atoms with Gasteiger partial charge >= 0.3 is 0 Å². The fourth-order valence-electron chi connectivity index (χ4n) is 2.43. The molecule has 1 unspecified atom stereocenters. The molecule has 1 aromatic heterocycles. The topological polar surface area (TPSA) is 38.1 Å². The molecular weight excluding hydrogens is 188 g/mol. The molecule has 0 radical (unpaired) electrons. The van der Waals surface area contributed by atoms with Gasteiger partial charge in [-0.2, -0.15) is 0 Å². The molecule has 1 N–H and O–H groups in total. The van der Waals surface area contributed by atoms with Crippen molar-refractivity contribution in [1.29, 1.82) is 0 Å². The molecule has 3 heteroatoms. The first-order valence-electron chi connectivity index (χ1n) is 6.02. The molecule has 1 atom stereocenters. The van der Waals surface area contributed by atoms with Crippen molar-refractivity contribution in [1.82, 2.24) is 10.3 Å². The highest BCUT2D eigenvalue weighted by Crippen LogP contribution is 2.41. The van der Waals surface area contributed by atoms with Gasteiger partial charge in [-0.05, 0) is 39.2 Å². The van der Waals surface area contributed by atoms with Crippen molar-refractivity contribution in [3.63, 3.8) is 0 Å². The molecule has 3 nitrogen and oxygen atoms in total. The monoisotopic (exact) mass is 206 g/mol. The Morgan fingerprint density at radius 3 is 2.93 bits per heavy atom. The van der Waals surface area contributed by atoms with Crippen LogP contribution in [0.25, 0.3) is 0 Å². The van der Waals surface area contributed by atoms with Gasteiger partial charge in [-0.3, -0.25) is 0 Å². The zero-order valence-corrected chi connectivity index (χ0v) is 9.25. The van der Waals surface area contributed by atoms with Crippen LogP contribution in [0.15, 0.2) is 4.42 Å². The van der Waals surface area contributed by atoms with Gasteiger partial charge in [0.1, 0.15) is 5.76 Å². The second kappa shape index (κ2) is 3.63. The maximum Gasteiger partial charge on any atom is 0.196 e. The lowest BCUT2D eigenvalue weighted by Crippen LogP contribution is -2.23. The molecule has 1 aromatic rings. The largest absolute Gasteiger partial charge is 0.446 e. The molecular formula is C12H18N2O. The maximum atomic E-state index is 5.73. The molecule has 82 valence electrons. The number of rotatable bonds is 3. The van der Waals surface area contributed by atoms with Gasteiger partial charge in [0.15, 0.2) is 5.89 Å². The highest BCUT2D eigenvalue weighted by atomic mass is 16.4. The van der Waals surface area contributed by atoms with Crippen LogP contribution in [-0.4, -0.2) is 17.6 Å². The highest BCUT2D eigenvalue weighted by Gasteiger charge is 2.29. The Kier molecular flexibility index (Phi) is 2.28. The van der Waals surface area contributed by atoms with E-state index in [4.69, 9.17) is 4.42 Å². The van der Waals surface area contributed by atoms with Crippen LogP contribution in [0.5, 0.6) is 0 Å². The number of oxazole rings is 1. The van der Waals surface area contributed by atoms with E-state index in [0.29, 0.717) is 12.0 Å². The Bertz CT molecular complexity index is 349. The number of aromatic nitrogens is 1. The Morgan fingerprint density at radius 2 is 2.27 bits per heavy atom. The van der Waals surface area contributed by atoms with E-state index >= 15 is 0 Å². The normalized spacial score (nSPS) is 26.1. The summed E-state index contributed by atoms with van der Waals surface area (Å²) >= 11 is 0. The first-order valence-corrected chi connectivity index (χ1v) is 6.02. The lowest BCUT2D eigenvalue weighted by atomic mass is 10.1. The van der Waals surface area contributed by atoms with Crippen molar-refractivity contribution in [3.8, 4) is 0 Å². The second-order valence-electron chi connectivity index (χ2n) is 4.82. The van der Waals surface area contributed by atoms with Gasteiger partial charge in [-0.15, -0.1) is 0 Å². The molecule has 0 amide bonds. The quantitative estimate of drug-likeness (QED) is 0.823. The third-order valence-corrected chi connectivity index (χ3v) is 3.42. The molecule has 1 aliphatic carbocycles. The van der Waals surface area contributed by atoms with E-state index in [2.05, 4.69) is 10.3 Å². The molecule has 2 heterocycles. The molecule has 0 bridgehead atoms. The van der Waals surface area contributed by atoms with E-state index in [1.807, 2.05) is 6.92 Å². The van der Waals surface area contributed by atoms with Crippen LogP contribution in [0.2, 0.25) is 0 Å². The SMILES string of the molecule is Cc1oc(CC2CCCN2)nc1C1CC1. The highest BCUT2D eigenvalue weighted by molar-refractivity contribution is 5.19. The van der Waals surface area contributed by atoms with Gasteiger partial charge < -0.3 is 9.73 Å². The van der Waals surface area contributed by atoms with Crippen LogP contribution >= 0.6 is 0 Å². The maximum absolute atomic E-state index is 5.73. The molecule has 1 saturated heterocycles. The molecule has 0 aromatic carbocycles. The van der Waals surface area contributed by atoms with E-state index in [1.165, 1.54) is 31.4 Å². The van der Waals surface area contributed by atoms with Gasteiger partial charge in [0, 0.05) is 18.4 Å². The first kappa shape index (κ1) is 9.40. The lowest BCUT2D eigenvalue weighted by molar-refractivity contribution is 0.439. The van der Waals surface area contributed by atoms with E-state index in [-0.39, 0.29) is 0 Å². The summed E-state index contributed by atoms with van der Waals surface area (Å²) in [6.45, 7) is 3.20. The zero-order chi connectivity index (χ0) is 10.3. The fourth-order valence-corrected chi connectivity index (χ4v) is 2.43. The Balaban J connectivity index is 1.71. The molecule has 2 fully saturated rings. The minimum atomic E-state index is 0.593. The summed E-state index contributed by atoms with van der Waals surface area (Å²) in [5.41, 5.74) is 1.22. The number of aryl methyl sites for hydroxylation is 1. The van der Waals surface area contributed by atoms with Gasteiger partial charge in [0.05, 0.1) is 5.69 Å². The van der Waals surface area contributed by atoms with Crippen molar-refractivity contribution in [2.75, 3.05) is 6.54 Å². The molecule has 2 aliphatic rings. The summed E-state index contributed by atoms with van der Waals surface area (Å²) in [5, 5.41) is 3.48. The average Bonchev–Trinajstić information content (AvgIpc) is 2.81. The number of hydrogen-bond acceptors (Lipinski definition) is 3. The minimum absolute atomic E-state index is 0.593. The zero-order valence-electron chi connectivity index (χ0n) is 9.25. The third kappa shape index (κ3) is 1.93. The van der Waals surface area contributed by atoms with Crippen LogP contribution < -0.4 is 5.32 Å². The van der Waals surface area contributed by atoms with E-state index in [0.717, 1.165) is 24.6 Å². The molecule has 1 saturated carbocycles. The summed E-state index contributed by atoms with van der Waals surface area (Å²) < 4.78 is 5.73. The van der Waals surface area contributed by atoms with Gasteiger partial charge in [0.2, 0.25) is 0 Å². The Hall–Kier alpha value is -0.830. The van der Waals surface area contributed by atoms with E-state index in [9.17, 15) is 0 Å². The Labute approximate surface area is 90.3 Å². The van der Waals surface area contributed by atoms with Crippen LogP contribution in [0.4, 0.5) is 0 Å². The van der Waals surface area contributed by atoms with Crippen LogP contribution in [0.1, 0.15) is 48.9 Å². The van der Waals surface area contributed by atoms with Crippen molar-refractivity contribution < 1.29 is 4.42 Å². The number of hydrogen-bond donors (Lipinski definition) is 1. The first-order chi connectivity index (χ1) is 7.33. The predicted octanol–water partition coefficient (Wildman–Crippen LogP) is 2.15. The van der Waals surface area contributed by atoms with E-state index < -0.39 is 0 Å². The van der Waals surface area contributed by atoms with E-state index in [1.54, 1.807) is 0 Å². The number of nitrogens with one attached hydrogen (secondary N) is 1. The summed E-state index contributed by atoms with van der Waals surface area (Å²) in [5.74, 6) is 2.69. The van der Waals surface area contributed by atoms with Crippen LogP contribution in [-0.2, 0) is 6.42 Å². The van der Waals surface area contributed by atoms with Crippen LogP contribution in [0.3, 0.4) is 0 Å². The summed E-state index contributed by atoms with van der Waals surface area (Å²) in [6, 6.07) is 0.593. The molecule has 15 heavy (non-hydrogen) atoms. The summed E-state index contributed by atoms with van der Waals surface area (Å²) in [7, 11) is 0.